The minimum Gasteiger partial charge on any atom is -0.455 e. The highest BCUT2D eigenvalue weighted by Crippen LogP contribution is 2.38. The van der Waals surface area contributed by atoms with E-state index < -0.39 is 8.32 Å². The summed E-state index contributed by atoms with van der Waals surface area (Å²) in [5, 5.41) is 4.91. The molecule has 0 aliphatic carbocycles. The van der Waals surface area contributed by atoms with Crippen molar-refractivity contribution in [3.8, 4) is 11.5 Å². The molecule has 0 atom stereocenters. The number of anilines is 1. The van der Waals surface area contributed by atoms with E-state index in [9.17, 15) is 0 Å². The highest BCUT2D eigenvalue weighted by atomic mass is 32.1. The van der Waals surface area contributed by atoms with Crippen LogP contribution in [0.5, 0.6) is 11.5 Å². The number of hydrogen-bond acceptors (Lipinski definition) is 5. The fourth-order valence-electron chi connectivity index (χ4n) is 6.33. The van der Waals surface area contributed by atoms with Crippen molar-refractivity contribution < 1.29 is 9.16 Å². The number of ether oxygens (including phenoxy) is 1. The molecule has 0 radical (unpaired) electrons. The van der Waals surface area contributed by atoms with Gasteiger partial charge in [-0.3, -0.25) is 4.90 Å². The first-order valence-electron chi connectivity index (χ1n) is 15.5. The maximum absolute atomic E-state index is 7.19. The number of hydrogen-bond donors (Lipinski definition) is 0. The minimum absolute atomic E-state index is 0.0288. The second kappa shape index (κ2) is 13.5. The summed E-state index contributed by atoms with van der Waals surface area (Å²) in [7, 11) is -2.56. The van der Waals surface area contributed by atoms with Gasteiger partial charge in [0.15, 0.2) is 5.75 Å². The van der Waals surface area contributed by atoms with Crippen LogP contribution in [0.3, 0.4) is 0 Å². The Bertz CT molecular complexity index is 1570. The first-order chi connectivity index (χ1) is 21.4. The van der Waals surface area contributed by atoms with E-state index in [0.29, 0.717) is 6.61 Å². The van der Waals surface area contributed by atoms with Crippen molar-refractivity contribution in [3.63, 3.8) is 0 Å². The predicted molar refractivity (Wildman–Crippen MR) is 187 cm³/mol. The van der Waals surface area contributed by atoms with Gasteiger partial charge in [0.05, 0.1) is 12.3 Å². The Hall–Kier alpha value is -3.68. The molecule has 1 aliphatic rings. The third-order valence-electron chi connectivity index (χ3n) is 8.51. The molecular weight excluding hydrogens is 577 g/mol. The van der Waals surface area contributed by atoms with Crippen LogP contribution < -0.4 is 20.0 Å². The topological polar surface area (TPSA) is 24.9 Å². The highest BCUT2D eigenvalue weighted by Gasteiger charge is 2.50. The molecule has 226 valence electrons. The Kier molecular flexibility index (Phi) is 9.33. The molecule has 0 spiro atoms. The van der Waals surface area contributed by atoms with E-state index in [1.54, 1.807) is 0 Å². The zero-order valence-electron chi connectivity index (χ0n) is 26.0. The number of thiophene rings is 1. The van der Waals surface area contributed by atoms with Crippen LogP contribution >= 0.6 is 11.3 Å². The number of para-hydroxylation sites is 3. The van der Waals surface area contributed by atoms with E-state index in [0.717, 1.165) is 49.9 Å². The first kappa shape index (κ1) is 30.3. The van der Waals surface area contributed by atoms with Crippen LogP contribution in [0.25, 0.3) is 0 Å². The fraction of sp³-hybridized carbons (Fsp3) is 0.263. The van der Waals surface area contributed by atoms with E-state index in [1.807, 2.05) is 47.7 Å². The van der Waals surface area contributed by atoms with Crippen molar-refractivity contribution in [1.29, 1.82) is 0 Å². The standard InChI is InChI=1S/C38H42N2O2SSi/c1-38(2,3)44(34-17-9-5-10-18-34,35-19-11-6-12-20-35)41-29-31-27-33(43-30-31)28-39-23-25-40(26-24-39)36-21-13-14-22-37(36)42-32-15-7-4-8-16-32/h4-22,27,30H,23-26,28-29H2,1-3H3. The Morgan fingerprint density at radius 2 is 1.27 bits per heavy atom. The maximum atomic E-state index is 7.19. The van der Waals surface area contributed by atoms with Crippen LogP contribution in [0, 0.1) is 0 Å². The minimum atomic E-state index is -2.56. The summed E-state index contributed by atoms with van der Waals surface area (Å²) in [5.74, 6) is 1.78. The number of benzene rings is 4. The lowest BCUT2D eigenvalue weighted by molar-refractivity contribution is 0.251. The third kappa shape index (κ3) is 6.69. The smallest absolute Gasteiger partial charge is 0.261 e. The molecule has 5 aromatic rings. The summed E-state index contributed by atoms with van der Waals surface area (Å²) in [4.78, 5) is 6.41. The molecule has 44 heavy (non-hydrogen) atoms. The van der Waals surface area contributed by atoms with Gasteiger partial charge in [-0.15, -0.1) is 11.3 Å². The molecule has 6 heteroatoms. The van der Waals surface area contributed by atoms with Crippen LogP contribution in [0.2, 0.25) is 5.04 Å². The number of piperazine rings is 1. The van der Waals surface area contributed by atoms with Gasteiger partial charge in [-0.2, -0.15) is 0 Å². The van der Waals surface area contributed by atoms with Crippen molar-refractivity contribution in [2.24, 2.45) is 0 Å². The molecule has 0 saturated carbocycles. The van der Waals surface area contributed by atoms with Crippen molar-refractivity contribution in [3.05, 3.63) is 137 Å². The molecule has 1 fully saturated rings. The summed E-state index contributed by atoms with van der Waals surface area (Å²) in [6, 6.07) is 42.6. The molecule has 0 bridgehead atoms. The summed E-state index contributed by atoms with van der Waals surface area (Å²) >= 11 is 1.85. The van der Waals surface area contributed by atoms with Crippen molar-refractivity contribution >= 4 is 35.7 Å². The Morgan fingerprint density at radius 3 is 1.89 bits per heavy atom. The zero-order valence-corrected chi connectivity index (χ0v) is 27.8. The highest BCUT2D eigenvalue weighted by molar-refractivity contribution is 7.10. The van der Waals surface area contributed by atoms with E-state index in [4.69, 9.17) is 9.16 Å². The van der Waals surface area contributed by atoms with Gasteiger partial charge in [-0.25, -0.2) is 0 Å². The summed E-state index contributed by atoms with van der Waals surface area (Å²) in [5.41, 5.74) is 2.43. The van der Waals surface area contributed by atoms with Gasteiger partial charge in [-0.1, -0.05) is 112 Å². The van der Waals surface area contributed by atoms with Gasteiger partial charge in [0.25, 0.3) is 8.32 Å². The SMILES string of the molecule is CC(C)(C)[Si](OCc1csc(CN2CCN(c3ccccc3Oc3ccccc3)CC2)c1)(c1ccccc1)c1ccccc1. The van der Waals surface area contributed by atoms with Gasteiger partial charge in [0.1, 0.15) is 5.75 Å². The van der Waals surface area contributed by atoms with Gasteiger partial charge in [0, 0.05) is 37.6 Å². The molecule has 0 N–H and O–H groups in total. The van der Waals surface area contributed by atoms with Gasteiger partial charge >= 0.3 is 0 Å². The molecule has 6 rings (SSSR count). The van der Waals surface area contributed by atoms with Crippen LogP contribution in [0.15, 0.2) is 127 Å². The Balaban J connectivity index is 1.11. The summed E-state index contributed by atoms with van der Waals surface area (Å²) in [6.07, 6.45) is 0. The second-order valence-electron chi connectivity index (χ2n) is 12.5. The quantitative estimate of drug-likeness (QED) is 0.148. The lowest BCUT2D eigenvalue weighted by atomic mass is 10.2. The Morgan fingerprint density at radius 1 is 0.705 bits per heavy atom. The van der Waals surface area contributed by atoms with E-state index in [1.165, 1.54) is 20.8 Å². The van der Waals surface area contributed by atoms with Crippen LogP contribution in [-0.2, 0) is 17.6 Å². The van der Waals surface area contributed by atoms with Gasteiger partial charge in [-0.05, 0) is 56.7 Å². The zero-order chi connectivity index (χ0) is 30.4. The van der Waals surface area contributed by atoms with Crippen molar-refractivity contribution in [2.45, 2.75) is 39.0 Å². The van der Waals surface area contributed by atoms with E-state index in [-0.39, 0.29) is 5.04 Å². The van der Waals surface area contributed by atoms with E-state index in [2.05, 4.69) is 121 Å². The molecule has 0 amide bonds. The van der Waals surface area contributed by atoms with Crippen LogP contribution in [0.1, 0.15) is 31.2 Å². The number of nitrogens with zero attached hydrogens (tertiary/aromatic N) is 2. The van der Waals surface area contributed by atoms with Crippen molar-refractivity contribution in [1.82, 2.24) is 4.90 Å². The van der Waals surface area contributed by atoms with Crippen LogP contribution in [-0.4, -0.2) is 39.4 Å². The summed E-state index contributed by atoms with van der Waals surface area (Å²) in [6.45, 7) is 12.6. The van der Waals surface area contributed by atoms with Gasteiger partial charge in [0.2, 0.25) is 0 Å². The fourth-order valence-corrected chi connectivity index (χ4v) is 11.8. The summed E-state index contributed by atoms with van der Waals surface area (Å²) < 4.78 is 13.4. The second-order valence-corrected chi connectivity index (χ2v) is 17.8. The average Bonchev–Trinajstić information content (AvgIpc) is 3.50. The molecule has 2 heterocycles. The molecule has 4 aromatic carbocycles. The third-order valence-corrected chi connectivity index (χ3v) is 14.5. The molecule has 1 aromatic heterocycles. The lowest BCUT2D eigenvalue weighted by Crippen LogP contribution is -2.66. The normalized spacial score (nSPS) is 14.5. The lowest BCUT2D eigenvalue weighted by Gasteiger charge is -2.43. The number of rotatable bonds is 10. The van der Waals surface area contributed by atoms with E-state index >= 15 is 0 Å². The van der Waals surface area contributed by atoms with Crippen LogP contribution in [0.4, 0.5) is 5.69 Å². The molecule has 4 nitrogen and oxygen atoms in total. The monoisotopic (exact) mass is 618 g/mol. The molecule has 1 saturated heterocycles. The largest absolute Gasteiger partial charge is 0.455 e. The molecule has 0 unspecified atom stereocenters. The average molecular weight is 619 g/mol. The first-order valence-corrected chi connectivity index (χ1v) is 18.3. The molecular formula is C38H42N2O2SSi. The van der Waals surface area contributed by atoms with Crippen molar-refractivity contribution in [2.75, 3.05) is 31.1 Å². The maximum Gasteiger partial charge on any atom is 0.261 e. The Labute approximate surface area is 267 Å². The predicted octanol–water partition coefficient (Wildman–Crippen LogP) is 7.94. The molecule has 1 aliphatic heterocycles. The van der Waals surface area contributed by atoms with Gasteiger partial charge < -0.3 is 14.1 Å².